The number of halogens is 4. The largest absolute Gasteiger partial charge is 0.487 e. The van der Waals surface area contributed by atoms with Gasteiger partial charge in [0.1, 0.15) is 5.82 Å². The van der Waals surface area contributed by atoms with Crippen LogP contribution in [0, 0.1) is 11.2 Å². The SMILES string of the molecule is O=C(O)C1(Cc2cccc(Nc3nccs3)n2)CCC(Oc2cccc(C(F)(F)F)c2F)CC1. The Morgan fingerprint density at radius 1 is 1.21 bits per heavy atom. The average molecular weight is 495 g/mol. The third-order valence-electron chi connectivity index (χ3n) is 5.90. The highest BCUT2D eigenvalue weighted by Gasteiger charge is 2.43. The second kappa shape index (κ2) is 9.57. The summed E-state index contributed by atoms with van der Waals surface area (Å²) in [6.07, 6.45) is -2.61. The fourth-order valence-electron chi connectivity index (χ4n) is 4.12. The lowest BCUT2D eigenvalue weighted by atomic mass is 9.70. The lowest BCUT2D eigenvalue weighted by Gasteiger charge is -2.36. The summed E-state index contributed by atoms with van der Waals surface area (Å²) in [4.78, 5) is 20.9. The van der Waals surface area contributed by atoms with Crippen molar-refractivity contribution in [3.05, 3.63) is 65.0 Å². The number of carbonyl (C=O) groups is 1. The zero-order valence-electron chi connectivity index (χ0n) is 17.8. The summed E-state index contributed by atoms with van der Waals surface area (Å²) in [5, 5.41) is 15.5. The Labute approximate surface area is 196 Å². The molecule has 11 heteroatoms. The summed E-state index contributed by atoms with van der Waals surface area (Å²) in [7, 11) is 0. The Bertz CT molecular complexity index is 1150. The smallest absolute Gasteiger partial charge is 0.419 e. The molecule has 0 spiro atoms. The fourth-order valence-corrected chi connectivity index (χ4v) is 4.65. The highest BCUT2D eigenvalue weighted by molar-refractivity contribution is 7.13. The predicted octanol–water partition coefficient (Wildman–Crippen LogP) is 6.07. The third-order valence-corrected chi connectivity index (χ3v) is 6.59. The number of hydrogen-bond acceptors (Lipinski definition) is 6. The minimum atomic E-state index is -4.83. The number of pyridine rings is 1. The molecule has 180 valence electrons. The van der Waals surface area contributed by atoms with E-state index in [-0.39, 0.29) is 32.1 Å². The molecule has 0 atom stereocenters. The zero-order chi connectivity index (χ0) is 24.3. The van der Waals surface area contributed by atoms with E-state index >= 15 is 0 Å². The van der Waals surface area contributed by atoms with Gasteiger partial charge in [-0.25, -0.2) is 14.4 Å². The van der Waals surface area contributed by atoms with E-state index in [2.05, 4.69) is 15.3 Å². The molecular weight excluding hydrogens is 474 g/mol. The number of benzene rings is 1. The summed E-state index contributed by atoms with van der Waals surface area (Å²) >= 11 is 1.41. The Morgan fingerprint density at radius 3 is 2.59 bits per heavy atom. The number of nitrogens with one attached hydrogen (secondary N) is 1. The van der Waals surface area contributed by atoms with Crippen molar-refractivity contribution in [1.29, 1.82) is 0 Å². The van der Waals surface area contributed by atoms with Crippen LogP contribution < -0.4 is 10.1 Å². The quantitative estimate of drug-likeness (QED) is 0.387. The van der Waals surface area contributed by atoms with Crippen LogP contribution in [0.4, 0.5) is 28.5 Å². The van der Waals surface area contributed by atoms with E-state index in [1.54, 1.807) is 24.4 Å². The van der Waals surface area contributed by atoms with Crippen LogP contribution in [0.3, 0.4) is 0 Å². The highest BCUT2D eigenvalue weighted by Crippen LogP contribution is 2.42. The van der Waals surface area contributed by atoms with Gasteiger partial charge in [0.2, 0.25) is 0 Å². The Kier molecular flexibility index (Phi) is 6.74. The second-order valence-electron chi connectivity index (χ2n) is 8.17. The lowest BCUT2D eigenvalue weighted by molar-refractivity contribution is -0.152. The van der Waals surface area contributed by atoms with Crippen LogP contribution in [-0.4, -0.2) is 27.1 Å². The van der Waals surface area contributed by atoms with Gasteiger partial charge in [-0.3, -0.25) is 4.79 Å². The lowest BCUT2D eigenvalue weighted by Crippen LogP contribution is -2.40. The minimum Gasteiger partial charge on any atom is -0.487 e. The van der Waals surface area contributed by atoms with Crippen LogP contribution in [0.15, 0.2) is 48.0 Å². The van der Waals surface area contributed by atoms with Crippen LogP contribution in [0.2, 0.25) is 0 Å². The number of carboxylic acids is 1. The van der Waals surface area contributed by atoms with Crippen LogP contribution in [0.1, 0.15) is 36.9 Å². The number of carboxylic acid groups (broad SMARTS) is 1. The van der Waals surface area contributed by atoms with E-state index in [1.165, 1.54) is 11.3 Å². The molecule has 0 amide bonds. The molecule has 0 aliphatic heterocycles. The van der Waals surface area contributed by atoms with Gasteiger partial charge < -0.3 is 15.2 Å². The first-order chi connectivity index (χ1) is 16.2. The van der Waals surface area contributed by atoms with Gasteiger partial charge in [-0.1, -0.05) is 12.1 Å². The van der Waals surface area contributed by atoms with Gasteiger partial charge in [-0.15, -0.1) is 11.3 Å². The molecule has 1 aliphatic carbocycles. The number of rotatable bonds is 7. The molecule has 2 aromatic heterocycles. The monoisotopic (exact) mass is 495 g/mol. The van der Waals surface area contributed by atoms with E-state index in [0.29, 0.717) is 22.7 Å². The molecule has 3 aromatic rings. The summed E-state index contributed by atoms with van der Waals surface area (Å²) in [6, 6.07) is 8.17. The minimum absolute atomic E-state index is 0.181. The third kappa shape index (κ3) is 5.30. The van der Waals surface area contributed by atoms with Crippen molar-refractivity contribution in [3.8, 4) is 5.75 Å². The van der Waals surface area contributed by atoms with E-state index in [1.807, 2.05) is 5.38 Å². The van der Waals surface area contributed by atoms with Crippen LogP contribution in [-0.2, 0) is 17.4 Å². The highest BCUT2D eigenvalue weighted by atomic mass is 32.1. The summed E-state index contributed by atoms with van der Waals surface area (Å²) in [5.41, 5.74) is -1.90. The number of thiazole rings is 1. The maximum atomic E-state index is 14.3. The average Bonchev–Trinajstić information content (AvgIpc) is 3.29. The Balaban J connectivity index is 1.44. The predicted molar refractivity (Wildman–Crippen MR) is 118 cm³/mol. The molecule has 1 aromatic carbocycles. The van der Waals surface area contributed by atoms with Crippen molar-refractivity contribution < 1.29 is 32.2 Å². The zero-order valence-corrected chi connectivity index (χ0v) is 18.6. The van der Waals surface area contributed by atoms with Crippen LogP contribution >= 0.6 is 11.3 Å². The molecule has 4 rings (SSSR count). The molecule has 0 unspecified atom stereocenters. The molecule has 6 nitrogen and oxygen atoms in total. The van der Waals surface area contributed by atoms with Gasteiger partial charge in [0, 0.05) is 23.7 Å². The Morgan fingerprint density at radius 2 is 1.94 bits per heavy atom. The molecular formula is C23H21F4N3O3S. The molecule has 2 N–H and O–H groups in total. The van der Waals surface area contributed by atoms with Crippen molar-refractivity contribution in [2.45, 2.75) is 44.4 Å². The molecule has 1 fully saturated rings. The van der Waals surface area contributed by atoms with Crippen LogP contribution in [0.5, 0.6) is 5.75 Å². The molecule has 1 saturated carbocycles. The van der Waals surface area contributed by atoms with Gasteiger partial charge in [0.25, 0.3) is 0 Å². The Hall–Kier alpha value is -3.21. The molecule has 2 heterocycles. The topological polar surface area (TPSA) is 84.3 Å². The maximum Gasteiger partial charge on any atom is 0.419 e. The second-order valence-corrected chi connectivity index (χ2v) is 9.07. The number of aromatic nitrogens is 2. The number of aliphatic carboxylic acids is 1. The van der Waals surface area contributed by atoms with E-state index < -0.39 is 40.8 Å². The molecule has 0 radical (unpaired) electrons. The van der Waals surface area contributed by atoms with E-state index in [9.17, 15) is 27.5 Å². The van der Waals surface area contributed by atoms with E-state index in [4.69, 9.17) is 4.74 Å². The first-order valence-electron chi connectivity index (χ1n) is 10.5. The van der Waals surface area contributed by atoms with Crippen molar-refractivity contribution in [2.24, 2.45) is 5.41 Å². The number of anilines is 2. The van der Waals surface area contributed by atoms with Gasteiger partial charge in [0.05, 0.1) is 17.1 Å². The van der Waals surface area contributed by atoms with Gasteiger partial charge in [-0.2, -0.15) is 13.2 Å². The first-order valence-corrected chi connectivity index (χ1v) is 11.4. The van der Waals surface area contributed by atoms with Crippen molar-refractivity contribution in [3.63, 3.8) is 0 Å². The van der Waals surface area contributed by atoms with Gasteiger partial charge >= 0.3 is 12.1 Å². The molecule has 34 heavy (non-hydrogen) atoms. The van der Waals surface area contributed by atoms with Crippen LogP contribution in [0.25, 0.3) is 0 Å². The van der Waals surface area contributed by atoms with Crippen molar-refractivity contribution in [2.75, 3.05) is 5.32 Å². The van der Waals surface area contributed by atoms with Gasteiger partial charge in [0.15, 0.2) is 16.7 Å². The van der Waals surface area contributed by atoms with Gasteiger partial charge in [-0.05, 0) is 49.9 Å². The number of alkyl halides is 3. The normalized spacial score (nSPS) is 20.6. The standard InChI is InChI=1S/C23H21F4N3O3S/c24-19-16(23(25,26)27)4-2-5-17(19)33-15-7-9-22(10-8-15,20(31)32)13-14-3-1-6-18(29-14)30-21-28-11-12-34-21/h1-6,11-12,15H,7-10,13H2,(H,31,32)(H,28,29,30). The summed E-state index contributed by atoms with van der Waals surface area (Å²) in [6.45, 7) is 0. The summed E-state index contributed by atoms with van der Waals surface area (Å²) < 4.78 is 58.7. The molecule has 1 aliphatic rings. The number of hydrogen-bond donors (Lipinski definition) is 2. The van der Waals surface area contributed by atoms with Crippen molar-refractivity contribution in [1.82, 2.24) is 9.97 Å². The maximum absolute atomic E-state index is 14.3. The molecule has 0 bridgehead atoms. The summed E-state index contributed by atoms with van der Waals surface area (Å²) in [5.74, 6) is -2.37. The molecule has 0 saturated heterocycles. The number of nitrogens with zero attached hydrogens (tertiary/aromatic N) is 2. The fraction of sp³-hybridized carbons (Fsp3) is 0.348. The van der Waals surface area contributed by atoms with Crippen molar-refractivity contribution >= 4 is 28.3 Å². The first kappa shape index (κ1) is 23.9. The van der Waals surface area contributed by atoms with E-state index in [0.717, 1.165) is 12.1 Å². The number of ether oxygens (including phenoxy) is 1.